The zero-order valence-corrected chi connectivity index (χ0v) is 9.42. The van der Waals surface area contributed by atoms with Crippen LogP contribution in [0.15, 0.2) is 16.6 Å². The fourth-order valence-corrected chi connectivity index (χ4v) is 1.42. The highest BCUT2D eigenvalue weighted by Gasteiger charge is 2.26. The van der Waals surface area contributed by atoms with Crippen LogP contribution in [0.1, 0.15) is 20.8 Å². The molecule has 0 saturated carbocycles. The van der Waals surface area contributed by atoms with Crippen LogP contribution in [0.3, 0.4) is 0 Å². The van der Waals surface area contributed by atoms with Crippen molar-refractivity contribution in [3.05, 3.63) is 11.6 Å². The van der Waals surface area contributed by atoms with Crippen LogP contribution in [0, 0.1) is 5.92 Å². The van der Waals surface area contributed by atoms with Gasteiger partial charge in [-0.05, 0) is 12.8 Å². The van der Waals surface area contributed by atoms with Gasteiger partial charge in [0.2, 0.25) is 11.8 Å². The monoisotopic (exact) mass is 198 g/mol. The Hall–Kier alpha value is -1.19. The topological polar surface area (TPSA) is 42.9 Å². The summed E-state index contributed by atoms with van der Waals surface area (Å²) in [5.74, 6) is 1.86. The molecule has 0 spiro atoms. The second-order valence-electron chi connectivity index (χ2n) is 3.64. The summed E-state index contributed by atoms with van der Waals surface area (Å²) in [6, 6.07) is 0.0960. The normalized spacial score (nSPS) is 21.9. The Kier molecular flexibility index (Phi) is 3.38. The van der Waals surface area contributed by atoms with Gasteiger partial charge in [-0.1, -0.05) is 13.8 Å². The summed E-state index contributed by atoms with van der Waals surface area (Å²) in [5.41, 5.74) is 0.821. The second-order valence-corrected chi connectivity index (χ2v) is 3.64. The van der Waals surface area contributed by atoms with Crippen molar-refractivity contribution in [3.8, 4) is 0 Å². The molecule has 0 aromatic heterocycles. The number of hydrogen-bond donors (Lipinski definition) is 1. The van der Waals surface area contributed by atoms with E-state index >= 15 is 0 Å². The van der Waals surface area contributed by atoms with E-state index in [1.165, 1.54) is 0 Å². The summed E-state index contributed by atoms with van der Waals surface area (Å²) < 4.78 is 10.4. The number of nitrogens with one attached hydrogen (secondary N) is 1. The molecule has 1 rings (SSSR count). The van der Waals surface area contributed by atoms with Crippen molar-refractivity contribution in [1.82, 2.24) is 5.32 Å². The molecular weight excluding hydrogens is 180 g/mol. The molecule has 1 N–H and O–H groups in total. The molecule has 0 saturated heterocycles. The molecule has 1 heterocycles. The number of aliphatic imine (C=N–C) groups is 1. The fraction of sp³-hybridized carbons (Fsp3) is 0.700. The van der Waals surface area contributed by atoms with E-state index in [9.17, 15) is 0 Å². The second kappa shape index (κ2) is 4.35. The Bertz CT molecular complexity index is 269. The first-order valence-electron chi connectivity index (χ1n) is 4.74. The van der Waals surface area contributed by atoms with Gasteiger partial charge in [0.25, 0.3) is 0 Å². The van der Waals surface area contributed by atoms with Gasteiger partial charge in [0, 0.05) is 0 Å². The maximum absolute atomic E-state index is 5.23. The Morgan fingerprint density at radius 2 is 1.93 bits per heavy atom. The molecule has 0 radical (unpaired) electrons. The lowest BCUT2D eigenvalue weighted by molar-refractivity contribution is 0.229. The van der Waals surface area contributed by atoms with Crippen LogP contribution in [0.2, 0.25) is 0 Å². The van der Waals surface area contributed by atoms with E-state index in [0.717, 1.165) is 17.5 Å². The molecule has 1 unspecified atom stereocenters. The molecule has 1 aliphatic rings. The quantitative estimate of drug-likeness (QED) is 0.731. The van der Waals surface area contributed by atoms with Gasteiger partial charge in [0.15, 0.2) is 0 Å². The number of rotatable bonds is 2. The Morgan fingerprint density at radius 1 is 1.29 bits per heavy atom. The Labute approximate surface area is 85.0 Å². The van der Waals surface area contributed by atoms with Crippen LogP contribution in [-0.4, -0.2) is 26.2 Å². The molecule has 0 amide bonds. The zero-order valence-electron chi connectivity index (χ0n) is 9.42. The van der Waals surface area contributed by atoms with E-state index in [0.29, 0.717) is 5.92 Å². The number of ether oxygens (including phenoxy) is 2. The molecule has 0 aliphatic carbocycles. The van der Waals surface area contributed by atoms with E-state index in [2.05, 4.69) is 24.2 Å². The lowest BCUT2D eigenvalue weighted by atomic mass is 10.0. The summed E-state index contributed by atoms with van der Waals surface area (Å²) in [7, 11) is 3.28. The highest BCUT2D eigenvalue weighted by atomic mass is 16.5. The molecule has 0 bridgehead atoms. The number of nitrogens with zero attached hydrogens (tertiary/aromatic N) is 1. The highest BCUT2D eigenvalue weighted by molar-refractivity contribution is 5.84. The first-order chi connectivity index (χ1) is 6.60. The first kappa shape index (κ1) is 10.9. The predicted octanol–water partition coefficient (Wildman–Crippen LogP) is 1.49. The molecule has 1 aliphatic heterocycles. The molecule has 0 aromatic carbocycles. The van der Waals surface area contributed by atoms with E-state index in [4.69, 9.17) is 9.47 Å². The van der Waals surface area contributed by atoms with Crippen molar-refractivity contribution in [2.24, 2.45) is 10.9 Å². The summed E-state index contributed by atoms with van der Waals surface area (Å²) >= 11 is 0. The summed E-state index contributed by atoms with van der Waals surface area (Å²) in [6.45, 7) is 6.11. The van der Waals surface area contributed by atoms with E-state index in [1.807, 2.05) is 6.92 Å². The van der Waals surface area contributed by atoms with Gasteiger partial charge < -0.3 is 14.8 Å². The SMILES string of the molecule is COC1=NC(C)=C(OC)NC1C(C)C. The lowest BCUT2D eigenvalue weighted by Gasteiger charge is -2.28. The first-order valence-corrected chi connectivity index (χ1v) is 4.74. The van der Waals surface area contributed by atoms with Gasteiger partial charge in [-0.25, -0.2) is 4.99 Å². The van der Waals surface area contributed by atoms with Crippen LogP contribution in [0.5, 0.6) is 0 Å². The van der Waals surface area contributed by atoms with Gasteiger partial charge in [0.05, 0.1) is 14.2 Å². The van der Waals surface area contributed by atoms with Crippen molar-refractivity contribution in [1.29, 1.82) is 0 Å². The third-order valence-electron chi connectivity index (χ3n) is 2.24. The van der Waals surface area contributed by atoms with E-state index in [1.54, 1.807) is 14.2 Å². The molecule has 14 heavy (non-hydrogen) atoms. The molecule has 4 nitrogen and oxygen atoms in total. The van der Waals surface area contributed by atoms with Crippen LogP contribution < -0.4 is 5.32 Å². The summed E-state index contributed by atoms with van der Waals surface area (Å²) in [4.78, 5) is 4.34. The van der Waals surface area contributed by atoms with Gasteiger partial charge >= 0.3 is 0 Å². The predicted molar refractivity (Wildman–Crippen MR) is 55.9 cm³/mol. The van der Waals surface area contributed by atoms with E-state index < -0.39 is 0 Å². The standard InChI is InChI=1S/C10H18N2O2/c1-6(2)8-10(14-5)11-7(3)9(12-8)13-4/h6,8,12H,1-5H3. The Morgan fingerprint density at radius 3 is 2.36 bits per heavy atom. The molecule has 0 aromatic rings. The summed E-state index contributed by atoms with van der Waals surface area (Å²) in [6.07, 6.45) is 0. The maximum atomic E-state index is 5.23. The maximum Gasteiger partial charge on any atom is 0.211 e. The van der Waals surface area contributed by atoms with Crippen LogP contribution in [0.25, 0.3) is 0 Å². The molecule has 1 atom stereocenters. The van der Waals surface area contributed by atoms with Crippen molar-refractivity contribution in [2.75, 3.05) is 14.2 Å². The minimum absolute atomic E-state index is 0.0960. The molecule has 0 fully saturated rings. The Balaban J connectivity index is 2.93. The molecule has 80 valence electrons. The smallest absolute Gasteiger partial charge is 0.211 e. The van der Waals surface area contributed by atoms with Gasteiger partial charge in [-0.2, -0.15) is 0 Å². The van der Waals surface area contributed by atoms with E-state index in [-0.39, 0.29) is 6.04 Å². The van der Waals surface area contributed by atoms with Gasteiger partial charge in [0.1, 0.15) is 11.7 Å². The average molecular weight is 198 g/mol. The van der Waals surface area contributed by atoms with Gasteiger partial charge in [-0.15, -0.1) is 0 Å². The molecular formula is C10H18N2O2. The minimum atomic E-state index is 0.0960. The largest absolute Gasteiger partial charge is 0.483 e. The van der Waals surface area contributed by atoms with Crippen molar-refractivity contribution < 1.29 is 9.47 Å². The van der Waals surface area contributed by atoms with Crippen molar-refractivity contribution in [3.63, 3.8) is 0 Å². The molecule has 4 heteroatoms. The van der Waals surface area contributed by atoms with Crippen LogP contribution >= 0.6 is 0 Å². The van der Waals surface area contributed by atoms with Gasteiger partial charge in [-0.3, -0.25) is 0 Å². The van der Waals surface area contributed by atoms with Crippen LogP contribution in [-0.2, 0) is 9.47 Å². The third-order valence-corrected chi connectivity index (χ3v) is 2.24. The summed E-state index contributed by atoms with van der Waals surface area (Å²) in [5, 5.41) is 3.25. The fourth-order valence-electron chi connectivity index (χ4n) is 1.42. The van der Waals surface area contributed by atoms with Crippen molar-refractivity contribution in [2.45, 2.75) is 26.8 Å². The zero-order chi connectivity index (χ0) is 10.7. The van der Waals surface area contributed by atoms with Crippen LogP contribution in [0.4, 0.5) is 0 Å². The van der Waals surface area contributed by atoms with Crippen molar-refractivity contribution >= 4 is 5.90 Å². The number of allylic oxidation sites excluding steroid dienone is 1. The number of methoxy groups -OCH3 is 2. The minimum Gasteiger partial charge on any atom is -0.483 e. The highest BCUT2D eigenvalue weighted by Crippen LogP contribution is 2.17. The lowest BCUT2D eigenvalue weighted by Crippen LogP contribution is -2.44. The average Bonchev–Trinajstić information content (AvgIpc) is 2.16. The third kappa shape index (κ3) is 2.00. The number of hydrogen-bond acceptors (Lipinski definition) is 4.